The minimum atomic E-state index is -0.421. The Kier molecular flexibility index (Phi) is 2.85. The molecule has 1 aromatic rings. The first-order chi connectivity index (χ1) is 7.72. The molecule has 0 spiro atoms. The minimum absolute atomic E-state index is 0.0818. The molecule has 1 aliphatic heterocycles. The fourth-order valence-corrected chi connectivity index (χ4v) is 2.09. The van der Waals surface area contributed by atoms with Gasteiger partial charge < -0.3 is 4.90 Å². The highest BCUT2D eigenvalue weighted by molar-refractivity contribution is 5.50. The van der Waals surface area contributed by atoms with Crippen LogP contribution in [-0.4, -0.2) is 22.8 Å². The first-order valence-electron chi connectivity index (χ1n) is 5.18. The predicted octanol–water partition coefficient (Wildman–Crippen LogP) is 1.89. The van der Waals surface area contributed by atoms with E-state index in [9.17, 15) is 14.9 Å². The third-order valence-corrected chi connectivity index (χ3v) is 2.92. The van der Waals surface area contributed by atoms with Crippen molar-refractivity contribution in [3.8, 4) is 0 Å². The quantitative estimate of drug-likeness (QED) is 0.444. The Hall–Kier alpha value is -1.91. The molecule has 1 heterocycles. The standard InChI is InChI=1S/C11H12N2O3/c14-8-12-7-1-2-11(12)9-3-5-10(6-4-9)13(15)16/h3-6,8,11H,1-2,7H2. The molecule has 0 aliphatic carbocycles. The van der Waals surface area contributed by atoms with Gasteiger partial charge in [0.05, 0.1) is 11.0 Å². The molecule has 0 radical (unpaired) electrons. The summed E-state index contributed by atoms with van der Waals surface area (Å²) < 4.78 is 0. The highest BCUT2D eigenvalue weighted by Crippen LogP contribution is 2.31. The van der Waals surface area contributed by atoms with E-state index < -0.39 is 4.92 Å². The van der Waals surface area contributed by atoms with Crippen molar-refractivity contribution < 1.29 is 9.72 Å². The predicted molar refractivity (Wildman–Crippen MR) is 57.8 cm³/mol. The van der Waals surface area contributed by atoms with Crippen LogP contribution in [0.1, 0.15) is 24.4 Å². The van der Waals surface area contributed by atoms with Crippen molar-refractivity contribution >= 4 is 12.1 Å². The summed E-state index contributed by atoms with van der Waals surface area (Å²) in [6, 6.07) is 6.50. The van der Waals surface area contributed by atoms with E-state index in [2.05, 4.69) is 0 Å². The van der Waals surface area contributed by atoms with Crippen molar-refractivity contribution in [1.82, 2.24) is 4.90 Å². The molecule has 5 nitrogen and oxygen atoms in total. The summed E-state index contributed by atoms with van der Waals surface area (Å²) in [5.41, 5.74) is 1.05. The number of carbonyl (C=O) groups excluding carboxylic acids is 1. The van der Waals surface area contributed by atoms with Crippen LogP contribution in [0.3, 0.4) is 0 Å². The van der Waals surface area contributed by atoms with Gasteiger partial charge in [0.2, 0.25) is 6.41 Å². The van der Waals surface area contributed by atoms with E-state index in [1.54, 1.807) is 17.0 Å². The maximum atomic E-state index is 10.8. The maximum absolute atomic E-state index is 10.8. The van der Waals surface area contributed by atoms with Crippen LogP contribution in [0.5, 0.6) is 0 Å². The molecule has 5 heteroatoms. The van der Waals surface area contributed by atoms with Gasteiger partial charge >= 0.3 is 0 Å². The highest BCUT2D eigenvalue weighted by Gasteiger charge is 2.24. The number of nitrogens with zero attached hydrogens (tertiary/aromatic N) is 2. The van der Waals surface area contributed by atoms with E-state index in [0.29, 0.717) is 0 Å². The molecule has 1 atom stereocenters. The summed E-state index contributed by atoms with van der Waals surface area (Å²) in [5, 5.41) is 10.5. The molecule has 84 valence electrons. The van der Waals surface area contributed by atoms with E-state index >= 15 is 0 Å². The average Bonchev–Trinajstić information content (AvgIpc) is 2.77. The third-order valence-electron chi connectivity index (χ3n) is 2.92. The number of nitro benzene ring substituents is 1. The highest BCUT2D eigenvalue weighted by atomic mass is 16.6. The van der Waals surface area contributed by atoms with Gasteiger partial charge in [0.1, 0.15) is 0 Å². The van der Waals surface area contributed by atoms with Gasteiger partial charge in [0.15, 0.2) is 0 Å². The maximum Gasteiger partial charge on any atom is 0.269 e. The van der Waals surface area contributed by atoms with Crippen LogP contribution in [0.4, 0.5) is 5.69 Å². The molecule has 1 amide bonds. The molecule has 1 aromatic carbocycles. The van der Waals surface area contributed by atoms with Gasteiger partial charge in [0, 0.05) is 18.7 Å². The number of rotatable bonds is 3. The van der Waals surface area contributed by atoms with Gasteiger partial charge in [-0.3, -0.25) is 14.9 Å². The van der Waals surface area contributed by atoms with Gasteiger partial charge in [-0.1, -0.05) is 12.1 Å². The molecule has 2 rings (SSSR count). The van der Waals surface area contributed by atoms with Gasteiger partial charge in [-0.15, -0.1) is 0 Å². The van der Waals surface area contributed by atoms with Gasteiger partial charge in [-0.2, -0.15) is 0 Å². The fourth-order valence-electron chi connectivity index (χ4n) is 2.09. The largest absolute Gasteiger partial charge is 0.338 e. The first-order valence-corrected chi connectivity index (χ1v) is 5.18. The second kappa shape index (κ2) is 4.30. The molecule has 0 bridgehead atoms. The Morgan fingerprint density at radius 1 is 1.38 bits per heavy atom. The number of carbonyl (C=O) groups is 1. The van der Waals surface area contributed by atoms with Crippen LogP contribution < -0.4 is 0 Å². The molecule has 1 fully saturated rings. The monoisotopic (exact) mass is 220 g/mol. The van der Waals surface area contributed by atoms with Crippen LogP contribution in [0, 0.1) is 10.1 Å². The second-order valence-electron chi connectivity index (χ2n) is 3.85. The zero-order chi connectivity index (χ0) is 11.5. The molecular formula is C11H12N2O3. The summed E-state index contributed by atoms with van der Waals surface area (Å²) in [6.07, 6.45) is 2.76. The molecule has 1 unspecified atom stereocenters. The van der Waals surface area contributed by atoms with Crippen LogP contribution in [0.2, 0.25) is 0 Å². The van der Waals surface area contributed by atoms with Crippen LogP contribution in [0.15, 0.2) is 24.3 Å². The number of non-ortho nitro benzene ring substituents is 1. The zero-order valence-electron chi connectivity index (χ0n) is 8.70. The molecule has 1 aliphatic rings. The van der Waals surface area contributed by atoms with Crippen molar-refractivity contribution in [2.45, 2.75) is 18.9 Å². The molecule has 0 aromatic heterocycles. The third kappa shape index (κ3) is 1.88. The van der Waals surface area contributed by atoms with Crippen LogP contribution in [0.25, 0.3) is 0 Å². The van der Waals surface area contributed by atoms with Crippen molar-refractivity contribution in [3.05, 3.63) is 39.9 Å². The summed E-state index contributed by atoms with van der Waals surface area (Å²) in [6.45, 7) is 0.769. The first kappa shape index (κ1) is 10.6. The van der Waals surface area contributed by atoms with Crippen molar-refractivity contribution in [2.24, 2.45) is 0 Å². The number of hydrogen-bond donors (Lipinski definition) is 0. The Morgan fingerprint density at radius 2 is 2.06 bits per heavy atom. The smallest absolute Gasteiger partial charge is 0.269 e. The number of likely N-dealkylation sites (tertiary alicyclic amines) is 1. The van der Waals surface area contributed by atoms with Crippen molar-refractivity contribution in [3.63, 3.8) is 0 Å². The lowest BCUT2D eigenvalue weighted by molar-refractivity contribution is -0.384. The Bertz CT molecular complexity index is 402. The second-order valence-corrected chi connectivity index (χ2v) is 3.85. The van der Waals surface area contributed by atoms with E-state index in [4.69, 9.17) is 0 Å². The Labute approximate surface area is 92.8 Å². The average molecular weight is 220 g/mol. The Balaban J connectivity index is 2.21. The summed E-state index contributed by atoms with van der Waals surface area (Å²) in [7, 11) is 0. The number of benzene rings is 1. The van der Waals surface area contributed by atoms with Gasteiger partial charge in [-0.25, -0.2) is 0 Å². The molecular weight excluding hydrogens is 208 g/mol. The van der Waals surface area contributed by atoms with Crippen LogP contribution in [-0.2, 0) is 4.79 Å². The van der Waals surface area contributed by atoms with Crippen LogP contribution >= 0.6 is 0 Å². The minimum Gasteiger partial charge on any atom is -0.338 e. The lowest BCUT2D eigenvalue weighted by Crippen LogP contribution is -2.20. The zero-order valence-corrected chi connectivity index (χ0v) is 8.70. The van der Waals surface area contributed by atoms with Gasteiger partial charge in [0.25, 0.3) is 5.69 Å². The summed E-state index contributed by atoms with van der Waals surface area (Å²) in [4.78, 5) is 22.6. The number of amides is 1. The molecule has 1 saturated heterocycles. The van der Waals surface area contributed by atoms with Gasteiger partial charge in [-0.05, 0) is 18.4 Å². The SMILES string of the molecule is O=CN1CCCC1c1ccc([N+](=O)[O-])cc1. The lowest BCUT2D eigenvalue weighted by atomic mass is 10.0. The van der Waals surface area contributed by atoms with Crippen molar-refractivity contribution in [2.75, 3.05) is 6.54 Å². The number of hydrogen-bond acceptors (Lipinski definition) is 3. The molecule has 0 saturated carbocycles. The molecule has 16 heavy (non-hydrogen) atoms. The van der Waals surface area contributed by atoms with E-state index in [0.717, 1.165) is 31.4 Å². The number of nitro groups is 1. The van der Waals surface area contributed by atoms with E-state index in [1.165, 1.54) is 12.1 Å². The summed E-state index contributed by atoms with van der Waals surface area (Å²) in [5.74, 6) is 0. The van der Waals surface area contributed by atoms with E-state index in [1.807, 2.05) is 0 Å². The van der Waals surface area contributed by atoms with Crippen molar-refractivity contribution in [1.29, 1.82) is 0 Å². The Morgan fingerprint density at radius 3 is 2.62 bits per heavy atom. The lowest BCUT2D eigenvalue weighted by Gasteiger charge is -2.19. The molecule has 0 N–H and O–H groups in total. The van der Waals surface area contributed by atoms with E-state index in [-0.39, 0.29) is 11.7 Å². The fraction of sp³-hybridized carbons (Fsp3) is 0.364. The summed E-state index contributed by atoms with van der Waals surface area (Å²) >= 11 is 0. The topological polar surface area (TPSA) is 63.5 Å². The normalized spacial score (nSPS) is 19.8.